The normalized spacial score (nSPS) is 12.0. The molecule has 0 saturated carbocycles. The molecular formula is C19H20N2O5S. The molecule has 0 spiro atoms. The van der Waals surface area contributed by atoms with E-state index in [1.54, 1.807) is 25.1 Å². The van der Waals surface area contributed by atoms with Crippen LogP contribution in [-0.4, -0.2) is 30.2 Å². The number of hydrogen-bond donors (Lipinski definition) is 1. The lowest BCUT2D eigenvalue weighted by Gasteiger charge is -2.14. The number of methoxy groups -OCH3 is 2. The van der Waals surface area contributed by atoms with Gasteiger partial charge in [-0.25, -0.2) is 9.78 Å². The number of nitrogens with one attached hydrogen (secondary N) is 1. The van der Waals surface area contributed by atoms with Crippen molar-refractivity contribution < 1.29 is 19.0 Å². The first-order valence-electron chi connectivity index (χ1n) is 8.28. The predicted molar refractivity (Wildman–Crippen MR) is 103 cm³/mol. The molecule has 0 aliphatic carbocycles. The molecule has 3 aromatic rings. The van der Waals surface area contributed by atoms with E-state index >= 15 is 0 Å². The third-order valence-corrected chi connectivity index (χ3v) is 5.45. The number of aryl methyl sites for hydroxylation is 2. The van der Waals surface area contributed by atoms with Gasteiger partial charge in [0.1, 0.15) is 21.9 Å². The van der Waals surface area contributed by atoms with Crippen molar-refractivity contribution in [3.8, 4) is 11.5 Å². The summed E-state index contributed by atoms with van der Waals surface area (Å²) in [5, 5.41) is 0.578. The van der Waals surface area contributed by atoms with Crippen LogP contribution in [-0.2, 0) is 4.74 Å². The minimum Gasteiger partial charge on any atom is -0.497 e. The van der Waals surface area contributed by atoms with Gasteiger partial charge >= 0.3 is 5.97 Å². The number of aromatic amines is 1. The Bertz CT molecular complexity index is 1070. The zero-order valence-corrected chi connectivity index (χ0v) is 16.5. The van der Waals surface area contributed by atoms with Gasteiger partial charge in [0.05, 0.1) is 19.6 Å². The van der Waals surface area contributed by atoms with Gasteiger partial charge < -0.3 is 19.2 Å². The number of carbonyl (C=O) groups is 1. The maximum Gasteiger partial charge on any atom is 0.342 e. The van der Waals surface area contributed by atoms with E-state index < -0.39 is 12.1 Å². The van der Waals surface area contributed by atoms with Gasteiger partial charge in [-0.3, -0.25) is 4.79 Å². The topological polar surface area (TPSA) is 90.5 Å². The second-order valence-electron chi connectivity index (χ2n) is 6.03. The Labute approximate surface area is 159 Å². The Kier molecular flexibility index (Phi) is 5.18. The van der Waals surface area contributed by atoms with Gasteiger partial charge in [-0.05, 0) is 44.5 Å². The van der Waals surface area contributed by atoms with Gasteiger partial charge in [0, 0.05) is 4.88 Å². The van der Waals surface area contributed by atoms with Crippen molar-refractivity contribution in [3.05, 3.63) is 50.4 Å². The van der Waals surface area contributed by atoms with Crippen LogP contribution in [0.1, 0.15) is 39.7 Å². The zero-order valence-electron chi connectivity index (χ0n) is 15.7. The Morgan fingerprint density at radius 2 is 1.96 bits per heavy atom. The molecule has 3 rings (SSSR count). The summed E-state index contributed by atoms with van der Waals surface area (Å²) in [6.45, 7) is 5.49. The fourth-order valence-corrected chi connectivity index (χ4v) is 3.75. The van der Waals surface area contributed by atoms with E-state index in [0.717, 1.165) is 10.4 Å². The molecule has 7 nitrogen and oxygen atoms in total. The zero-order chi connectivity index (χ0) is 19.7. The van der Waals surface area contributed by atoms with E-state index in [1.165, 1.54) is 25.6 Å². The largest absolute Gasteiger partial charge is 0.497 e. The van der Waals surface area contributed by atoms with Crippen molar-refractivity contribution in [3.63, 3.8) is 0 Å². The molecule has 142 valence electrons. The first kappa shape index (κ1) is 18.9. The molecule has 0 bridgehead atoms. The van der Waals surface area contributed by atoms with Gasteiger partial charge in [0.2, 0.25) is 0 Å². The first-order chi connectivity index (χ1) is 12.8. The third-order valence-electron chi connectivity index (χ3n) is 4.35. The molecule has 0 aliphatic rings. The van der Waals surface area contributed by atoms with E-state index in [2.05, 4.69) is 9.97 Å². The Morgan fingerprint density at radius 1 is 1.22 bits per heavy atom. The van der Waals surface area contributed by atoms with E-state index in [1.807, 2.05) is 13.8 Å². The second kappa shape index (κ2) is 7.40. The van der Waals surface area contributed by atoms with Crippen molar-refractivity contribution in [2.24, 2.45) is 0 Å². The molecule has 0 aliphatic heterocycles. The van der Waals surface area contributed by atoms with E-state index in [4.69, 9.17) is 14.2 Å². The van der Waals surface area contributed by atoms with Crippen LogP contribution in [0.3, 0.4) is 0 Å². The highest BCUT2D eigenvalue weighted by Crippen LogP contribution is 2.29. The maximum absolute atomic E-state index is 12.6. The first-order valence-corrected chi connectivity index (χ1v) is 9.10. The average molecular weight is 388 g/mol. The van der Waals surface area contributed by atoms with Crippen LogP contribution in [0.15, 0.2) is 23.0 Å². The van der Waals surface area contributed by atoms with Crippen molar-refractivity contribution in [2.75, 3.05) is 14.2 Å². The minimum absolute atomic E-state index is 0.231. The summed E-state index contributed by atoms with van der Waals surface area (Å²) in [4.78, 5) is 33.9. The lowest BCUT2D eigenvalue weighted by atomic mass is 10.2. The molecule has 27 heavy (non-hydrogen) atoms. The fraction of sp³-hybridized carbons (Fsp3) is 0.316. The SMILES string of the molecule is COc1ccc(OC)c(C(=O)O[C@H](C)c2nc3sc(C)c(C)c3c(=O)[nH]2)c1. The third kappa shape index (κ3) is 3.52. The summed E-state index contributed by atoms with van der Waals surface area (Å²) in [7, 11) is 2.98. The summed E-state index contributed by atoms with van der Waals surface area (Å²) >= 11 is 1.44. The van der Waals surface area contributed by atoms with Crippen molar-refractivity contribution in [1.82, 2.24) is 9.97 Å². The number of carbonyl (C=O) groups excluding carboxylic acids is 1. The van der Waals surface area contributed by atoms with Crippen molar-refractivity contribution in [2.45, 2.75) is 26.9 Å². The van der Waals surface area contributed by atoms with Gasteiger partial charge in [-0.2, -0.15) is 0 Å². The molecule has 0 fully saturated rings. The number of H-pyrrole nitrogens is 1. The van der Waals surface area contributed by atoms with Crippen LogP contribution in [0.25, 0.3) is 10.2 Å². The number of esters is 1. The summed E-state index contributed by atoms with van der Waals surface area (Å²) in [5.41, 5.74) is 0.912. The van der Waals surface area contributed by atoms with E-state index in [0.29, 0.717) is 27.5 Å². The molecule has 0 radical (unpaired) electrons. The van der Waals surface area contributed by atoms with Gasteiger partial charge in [0.25, 0.3) is 5.56 Å². The molecule has 0 saturated heterocycles. The maximum atomic E-state index is 12.6. The van der Waals surface area contributed by atoms with E-state index in [9.17, 15) is 9.59 Å². The second-order valence-corrected chi connectivity index (χ2v) is 7.23. The molecule has 2 heterocycles. The Balaban J connectivity index is 1.91. The molecule has 2 aromatic heterocycles. The number of hydrogen-bond acceptors (Lipinski definition) is 7. The number of ether oxygens (including phenoxy) is 3. The highest BCUT2D eigenvalue weighted by atomic mass is 32.1. The molecule has 8 heteroatoms. The lowest BCUT2D eigenvalue weighted by molar-refractivity contribution is 0.0316. The minimum atomic E-state index is -0.742. The van der Waals surface area contributed by atoms with Crippen LogP contribution in [0, 0.1) is 13.8 Å². The van der Waals surface area contributed by atoms with Crippen LogP contribution in [0.5, 0.6) is 11.5 Å². The summed E-state index contributed by atoms with van der Waals surface area (Å²) in [5.74, 6) is 0.575. The number of nitrogens with zero attached hydrogens (tertiary/aromatic N) is 1. The van der Waals surface area contributed by atoms with E-state index in [-0.39, 0.29) is 11.1 Å². The van der Waals surface area contributed by atoms with Crippen molar-refractivity contribution in [1.29, 1.82) is 0 Å². The predicted octanol–water partition coefficient (Wildman–Crippen LogP) is 3.54. The average Bonchev–Trinajstić information content (AvgIpc) is 2.95. The smallest absolute Gasteiger partial charge is 0.342 e. The standard InChI is InChI=1S/C19H20N2O5S/c1-9-11(3)27-18-15(9)17(22)20-16(21-18)10(2)26-19(23)13-8-12(24-4)6-7-14(13)25-5/h6-8,10H,1-5H3,(H,20,21,22)/t10-/m1/s1. The number of thiophene rings is 1. The van der Waals surface area contributed by atoms with Gasteiger partial charge in [-0.15, -0.1) is 11.3 Å². The van der Waals surface area contributed by atoms with Crippen LogP contribution >= 0.6 is 11.3 Å². The number of aromatic nitrogens is 2. The summed E-state index contributed by atoms with van der Waals surface area (Å²) in [6, 6.07) is 4.86. The summed E-state index contributed by atoms with van der Waals surface area (Å²) < 4.78 is 15.9. The van der Waals surface area contributed by atoms with Crippen LogP contribution in [0.4, 0.5) is 0 Å². The van der Waals surface area contributed by atoms with Crippen LogP contribution < -0.4 is 15.0 Å². The lowest BCUT2D eigenvalue weighted by Crippen LogP contribution is -2.17. The number of fused-ring (bicyclic) bond motifs is 1. The number of benzene rings is 1. The van der Waals surface area contributed by atoms with Gasteiger partial charge in [0.15, 0.2) is 11.9 Å². The molecule has 1 atom stereocenters. The van der Waals surface area contributed by atoms with Gasteiger partial charge in [-0.1, -0.05) is 0 Å². The molecule has 0 unspecified atom stereocenters. The highest BCUT2D eigenvalue weighted by molar-refractivity contribution is 7.18. The Morgan fingerprint density at radius 3 is 2.63 bits per heavy atom. The monoisotopic (exact) mass is 388 g/mol. The Hall–Kier alpha value is -2.87. The van der Waals surface area contributed by atoms with Crippen LogP contribution in [0.2, 0.25) is 0 Å². The highest BCUT2D eigenvalue weighted by Gasteiger charge is 2.21. The fourth-order valence-electron chi connectivity index (χ4n) is 2.72. The number of rotatable bonds is 5. The molecule has 1 N–H and O–H groups in total. The summed E-state index contributed by atoms with van der Waals surface area (Å²) in [6.07, 6.45) is -0.742. The molecule has 0 amide bonds. The molecular weight excluding hydrogens is 368 g/mol. The molecule has 1 aromatic carbocycles. The van der Waals surface area contributed by atoms with Crippen molar-refractivity contribution >= 4 is 27.5 Å². The quantitative estimate of drug-likeness (QED) is 0.673.